The lowest BCUT2D eigenvalue weighted by Crippen LogP contribution is -1.96. The minimum absolute atomic E-state index is 0.142. The van der Waals surface area contributed by atoms with E-state index in [9.17, 15) is 5.11 Å². The average molecular weight is 98.1 g/mol. The lowest BCUT2D eigenvalue weighted by molar-refractivity contribution is -0.302. The van der Waals surface area contributed by atoms with Gasteiger partial charge in [0.05, 0.1) is 0 Å². The zero-order valence-electron chi connectivity index (χ0n) is 4.61. The third-order valence-corrected chi connectivity index (χ3v) is 0.636. The Balaban J connectivity index is 3.08. The van der Waals surface area contributed by atoms with E-state index in [2.05, 4.69) is 6.92 Å². The second kappa shape index (κ2) is 3.72. The summed E-state index contributed by atoms with van der Waals surface area (Å²) in [5.74, 6) is 0.142. The number of allylic oxidation sites excluding steroid dienone is 2. The summed E-state index contributed by atoms with van der Waals surface area (Å²) in [5.41, 5.74) is 0. The van der Waals surface area contributed by atoms with Crippen LogP contribution in [-0.2, 0) is 0 Å². The number of hydrogen-bond donors (Lipinski definition) is 0. The summed E-state index contributed by atoms with van der Waals surface area (Å²) in [4.78, 5) is 0. The lowest BCUT2D eigenvalue weighted by atomic mass is 10.3. The SMILES string of the molecule is [CH2]CC/C=C(/C)[O-]. The second-order valence-electron chi connectivity index (χ2n) is 1.46. The zero-order valence-corrected chi connectivity index (χ0v) is 4.61. The molecule has 0 saturated carbocycles. The van der Waals surface area contributed by atoms with Gasteiger partial charge in [0.15, 0.2) is 0 Å². The van der Waals surface area contributed by atoms with Crippen molar-refractivity contribution in [2.45, 2.75) is 19.8 Å². The molecule has 0 aliphatic heterocycles. The summed E-state index contributed by atoms with van der Waals surface area (Å²) in [6, 6.07) is 0. The summed E-state index contributed by atoms with van der Waals surface area (Å²) < 4.78 is 0. The van der Waals surface area contributed by atoms with Crippen LogP contribution in [0, 0.1) is 6.92 Å². The van der Waals surface area contributed by atoms with Crippen LogP contribution in [0.4, 0.5) is 0 Å². The molecule has 0 aliphatic rings. The van der Waals surface area contributed by atoms with Gasteiger partial charge in [-0.15, -0.1) is 5.76 Å². The van der Waals surface area contributed by atoms with Crippen LogP contribution in [0.15, 0.2) is 11.8 Å². The van der Waals surface area contributed by atoms with E-state index in [4.69, 9.17) is 0 Å². The van der Waals surface area contributed by atoms with Gasteiger partial charge in [-0.3, -0.25) is 0 Å². The van der Waals surface area contributed by atoms with Gasteiger partial charge in [0.2, 0.25) is 0 Å². The van der Waals surface area contributed by atoms with Crippen LogP contribution in [0.25, 0.3) is 0 Å². The van der Waals surface area contributed by atoms with E-state index in [0.717, 1.165) is 12.8 Å². The molecule has 41 valence electrons. The maximum Gasteiger partial charge on any atom is -0.0357 e. The van der Waals surface area contributed by atoms with Crippen molar-refractivity contribution in [3.8, 4) is 0 Å². The van der Waals surface area contributed by atoms with E-state index < -0.39 is 0 Å². The first-order chi connectivity index (χ1) is 3.27. The Hall–Kier alpha value is -0.460. The fourth-order valence-corrected chi connectivity index (χ4v) is 0.305. The largest absolute Gasteiger partial charge is 0.876 e. The van der Waals surface area contributed by atoms with Crippen molar-refractivity contribution in [1.82, 2.24) is 0 Å². The molecule has 0 heterocycles. The van der Waals surface area contributed by atoms with Crippen LogP contribution >= 0.6 is 0 Å². The highest BCUT2D eigenvalue weighted by molar-refractivity contribution is 4.83. The monoisotopic (exact) mass is 98.1 g/mol. The van der Waals surface area contributed by atoms with Gasteiger partial charge in [0, 0.05) is 0 Å². The van der Waals surface area contributed by atoms with Gasteiger partial charge < -0.3 is 5.11 Å². The lowest BCUT2D eigenvalue weighted by Gasteiger charge is -2.00. The van der Waals surface area contributed by atoms with Crippen molar-refractivity contribution in [3.05, 3.63) is 18.8 Å². The van der Waals surface area contributed by atoms with Crippen molar-refractivity contribution in [2.75, 3.05) is 0 Å². The maximum absolute atomic E-state index is 10.1. The van der Waals surface area contributed by atoms with Crippen LogP contribution in [0.5, 0.6) is 0 Å². The van der Waals surface area contributed by atoms with Crippen molar-refractivity contribution < 1.29 is 5.11 Å². The summed E-state index contributed by atoms with van der Waals surface area (Å²) in [6.07, 6.45) is 3.28. The van der Waals surface area contributed by atoms with Gasteiger partial charge in [-0.05, 0) is 12.8 Å². The third-order valence-electron chi connectivity index (χ3n) is 0.636. The zero-order chi connectivity index (χ0) is 5.70. The molecule has 0 N–H and O–H groups in total. The van der Waals surface area contributed by atoms with Gasteiger partial charge in [-0.2, -0.15) is 0 Å². The average Bonchev–Trinajstić information content (AvgIpc) is 1.61. The van der Waals surface area contributed by atoms with Crippen LogP contribution in [0.2, 0.25) is 0 Å². The topological polar surface area (TPSA) is 23.1 Å². The first-order valence-corrected chi connectivity index (χ1v) is 2.40. The molecule has 0 rings (SSSR count). The molecule has 1 nitrogen and oxygen atoms in total. The minimum Gasteiger partial charge on any atom is -0.876 e. The van der Waals surface area contributed by atoms with E-state index in [0.29, 0.717) is 0 Å². The van der Waals surface area contributed by atoms with Crippen molar-refractivity contribution >= 4 is 0 Å². The first-order valence-electron chi connectivity index (χ1n) is 2.40. The van der Waals surface area contributed by atoms with Gasteiger partial charge >= 0.3 is 0 Å². The second-order valence-corrected chi connectivity index (χ2v) is 1.46. The van der Waals surface area contributed by atoms with Gasteiger partial charge in [-0.25, -0.2) is 0 Å². The Labute approximate surface area is 44.7 Å². The highest BCUT2D eigenvalue weighted by atomic mass is 16.3. The van der Waals surface area contributed by atoms with Crippen LogP contribution < -0.4 is 5.11 Å². The van der Waals surface area contributed by atoms with Crippen LogP contribution in [0.3, 0.4) is 0 Å². The molecule has 0 atom stereocenters. The van der Waals surface area contributed by atoms with Gasteiger partial charge in [0.25, 0.3) is 0 Å². The Morgan fingerprint density at radius 1 is 1.86 bits per heavy atom. The van der Waals surface area contributed by atoms with E-state index in [-0.39, 0.29) is 5.76 Å². The highest BCUT2D eigenvalue weighted by Gasteiger charge is 1.68. The molecule has 0 aromatic rings. The Morgan fingerprint density at radius 2 is 2.43 bits per heavy atom. The summed E-state index contributed by atoms with van der Waals surface area (Å²) >= 11 is 0. The smallest absolute Gasteiger partial charge is 0.0357 e. The third kappa shape index (κ3) is 5.54. The van der Waals surface area contributed by atoms with E-state index >= 15 is 0 Å². The van der Waals surface area contributed by atoms with Gasteiger partial charge in [-0.1, -0.05) is 19.9 Å². The van der Waals surface area contributed by atoms with E-state index in [1.54, 1.807) is 13.0 Å². The van der Waals surface area contributed by atoms with E-state index in [1.807, 2.05) is 0 Å². The summed E-state index contributed by atoms with van der Waals surface area (Å²) in [7, 11) is 0. The predicted octanol–water partition coefficient (Wildman–Crippen LogP) is 0.865. The number of hydrogen-bond acceptors (Lipinski definition) is 1. The molecular formula is C6H10O-. The Bertz CT molecular complexity index is 60.6. The van der Waals surface area contributed by atoms with Gasteiger partial charge in [0.1, 0.15) is 0 Å². The molecule has 0 aromatic heterocycles. The molecular weight excluding hydrogens is 88.1 g/mol. The summed E-state index contributed by atoms with van der Waals surface area (Å²) in [5, 5.41) is 10.1. The molecule has 1 radical (unpaired) electrons. The quantitative estimate of drug-likeness (QED) is 0.470. The molecule has 7 heavy (non-hydrogen) atoms. The van der Waals surface area contributed by atoms with Crippen molar-refractivity contribution in [3.63, 3.8) is 0 Å². The molecule has 0 amide bonds. The molecule has 1 heteroatoms. The van der Waals surface area contributed by atoms with Crippen LogP contribution in [-0.4, -0.2) is 0 Å². The Morgan fingerprint density at radius 3 is 2.57 bits per heavy atom. The molecule has 0 spiro atoms. The molecule has 0 aromatic carbocycles. The Kier molecular flexibility index (Phi) is 3.48. The number of rotatable bonds is 2. The summed E-state index contributed by atoms with van der Waals surface area (Å²) in [6.45, 7) is 5.13. The standard InChI is InChI=1S/C6H11O/c1-3-4-5-6(2)7/h5,7H,1,3-4H2,2H3/p-1/b6-5-. The minimum atomic E-state index is 0.142. The first kappa shape index (κ1) is 6.54. The normalized spacial score (nSPS) is 12.0. The van der Waals surface area contributed by atoms with Crippen molar-refractivity contribution in [1.29, 1.82) is 0 Å². The van der Waals surface area contributed by atoms with Crippen LogP contribution in [0.1, 0.15) is 19.8 Å². The number of unbranched alkanes of at least 4 members (excludes halogenated alkanes) is 1. The molecule has 0 bridgehead atoms. The molecule has 0 saturated heterocycles. The fraction of sp³-hybridized carbons (Fsp3) is 0.500. The maximum atomic E-state index is 10.1. The predicted molar refractivity (Wildman–Crippen MR) is 28.3 cm³/mol. The molecule has 0 unspecified atom stereocenters. The molecule has 0 fully saturated rings. The highest BCUT2D eigenvalue weighted by Crippen LogP contribution is 1.89. The fourth-order valence-electron chi connectivity index (χ4n) is 0.305. The van der Waals surface area contributed by atoms with E-state index in [1.165, 1.54) is 0 Å². The molecule has 0 aliphatic carbocycles. The van der Waals surface area contributed by atoms with Crippen molar-refractivity contribution in [2.24, 2.45) is 0 Å².